The van der Waals surface area contributed by atoms with Gasteiger partial charge in [-0.05, 0) is 37.4 Å². The van der Waals surface area contributed by atoms with E-state index in [-0.39, 0.29) is 5.91 Å². The highest BCUT2D eigenvalue weighted by atomic mass is 16.1. The third-order valence-electron chi connectivity index (χ3n) is 2.90. The molecule has 0 saturated heterocycles. The maximum atomic E-state index is 10.7. The Morgan fingerprint density at radius 1 is 1.21 bits per heavy atom. The van der Waals surface area contributed by atoms with Crippen LogP contribution in [0.3, 0.4) is 0 Å². The quantitative estimate of drug-likeness (QED) is 0.706. The van der Waals surface area contributed by atoms with E-state index in [1.54, 1.807) is 6.92 Å². The highest BCUT2D eigenvalue weighted by molar-refractivity contribution is 5.72. The van der Waals surface area contributed by atoms with E-state index in [0.717, 1.165) is 38.0 Å². The first-order valence-corrected chi connectivity index (χ1v) is 6.79. The maximum Gasteiger partial charge on any atom is 0.216 e. The molecule has 0 heterocycles. The lowest BCUT2D eigenvalue weighted by molar-refractivity contribution is -0.118. The van der Waals surface area contributed by atoms with Gasteiger partial charge in [0.15, 0.2) is 0 Å². The zero-order valence-corrected chi connectivity index (χ0v) is 12.0. The van der Waals surface area contributed by atoms with Crippen molar-refractivity contribution >= 4 is 11.5 Å². The molecule has 0 radical (unpaired) electrons. The van der Waals surface area contributed by atoms with Crippen molar-refractivity contribution in [3.63, 3.8) is 0 Å². The van der Waals surface area contributed by atoms with Crippen molar-refractivity contribution in [2.24, 2.45) is 0 Å². The Kier molecular flexibility index (Phi) is 6.90. The molecule has 0 atom stereocenters. The van der Waals surface area contributed by atoms with Gasteiger partial charge in [-0.1, -0.05) is 36.4 Å². The Labute approximate surface area is 116 Å². The topological polar surface area (TPSA) is 41.1 Å². The summed E-state index contributed by atoms with van der Waals surface area (Å²) in [6, 6.07) is 8.44. The summed E-state index contributed by atoms with van der Waals surface area (Å²) in [6.45, 7) is 10.1. The third kappa shape index (κ3) is 6.77. The van der Waals surface area contributed by atoms with Crippen molar-refractivity contribution < 1.29 is 4.79 Å². The monoisotopic (exact) mass is 260 g/mol. The molecule has 3 heteroatoms. The number of hydrogen-bond acceptors (Lipinski definition) is 2. The molecule has 2 N–H and O–H groups in total. The van der Waals surface area contributed by atoms with Gasteiger partial charge in [-0.25, -0.2) is 0 Å². The summed E-state index contributed by atoms with van der Waals surface area (Å²) in [5, 5.41) is 6.21. The number of allylic oxidation sites excluding steroid dienone is 1. The molecule has 0 aromatic heterocycles. The molecule has 1 aromatic carbocycles. The van der Waals surface area contributed by atoms with E-state index in [4.69, 9.17) is 0 Å². The average Bonchev–Trinajstić information content (AvgIpc) is 2.37. The number of nitrogens with one attached hydrogen (secondary N) is 2. The van der Waals surface area contributed by atoms with Gasteiger partial charge in [0.05, 0.1) is 0 Å². The van der Waals surface area contributed by atoms with Crippen molar-refractivity contribution in [1.82, 2.24) is 10.6 Å². The number of benzene rings is 1. The van der Waals surface area contributed by atoms with E-state index in [2.05, 4.69) is 41.5 Å². The predicted molar refractivity (Wildman–Crippen MR) is 80.8 cm³/mol. The average molecular weight is 260 g/mol. The van der Waals surface area contributed by atoms with Gasteiger partial charge in [-0.15, -0.1) is 0 Å². The molecule has 0 spiro atoms. The third-order valence-corrected chi connectivity index (χ3v) is 2.90. The second-order valence-corrected chi connectivity index (χ2v) is 4.85. The molecule has 104 valence electrons. The number of carbonyl (C=O) groups excluding carboxylic acids is 1. The van der Waals surface area contributed by atoms with Gasteiger partial charge in [0.2, 0.25) is 5.91 Å². The highest BCUT2D eigenvalue weighted by Gasteiger charge is 1.97. The molecule has 0 saturated carbocycles. The van der Waals surface area contributed by atoms with Crippen LogP contribution in [-0.4, -0.2) is 19.0 Å². The molecule has 0 bridgehead atoms. The van der Waals surface area contributed by atoms with Gasteiger partial charge >= 0.3 is 0 Å². The molecular weight excluding hydrogens is 236 g/mol. The van der Waals surface area contributed by atoms with Crippen LogP contribution < -0.4 is 10.6 Å². The second-order valence-electron chi connectivity index (χ2n) is 4.85. The minimum Gasteiger partial charge on any atom is -0.356 e. The molecule has 0 aliphatic carbocycles. The lowest BCUT2D eigenvalue weighted by Gasteiger charge is -2.07. The molecule has 1 rings (SSSR count). The normalized spacial score (nSPS) is 10.2. The predicted octanol–water partition coefficient (Wildman–Crippen LogP) is 2.73. The summed E-state index contributed by atoms with van der Waals surface area (Å²) >= 11 is 0. The van der Waals surface area contributed by atoms with Gasteiger partial charge < -0.3 is 10.6 Å². The van der Waals surface area contributed by atoms with E-state index in [1.165, 1.54) is 11.1 Å². The molecule has 1 aromatic rings. The summed E-state index contributed by atoms with van der Waals surface area (Å²) < 4.78 is 0. The Bertz CT molecular complexity index is 427. The number of carbonyl (C=O) groups is 1. The number of rotatable bonds is 8. The number of amides is 1. The van der Waals surface area contributed by atoms with Crippen LogP contribution in [0.5, 0.6) is 0 Å². The molecule has 0 unspecified atom stereocenters. The van der Waals surface area contributed by atoms with Crippen LogP contribution in [0.1, 0.15) is 37.8 Å². The Balaban J connectivity index is 2.17. The van der Waals surface area contributed by atoms with Crippen LogP contribution >= 0.6 is 0 Å². The van der Waals surface area contributed by atoms with Gasteiger partial charge in [0, 0.05) is 20.0 Å². The fourth-order valence-electron chi connectivity index (χ4n) is 1.82. The van der Waals surface area contributed by atoms with E-state index < -0.39 is 0 Å². The summed E-state index contributed by atoms with van der Waals surface area (Å²) in [6.07, 6.45) is 2.08. The molecule has 3 nitrogen and oxygen atoms in total. The van der Waals surface area contributed by atoms with Crippen molar-refractivity contribution in [3.8, 4) is 0 Å². The fourth-order valence-corrected chi connectivity index (χ4v) is 1.82. The lowest BCUT2D eigenvalue weighted by Crippen LogP contribution is -2.22. The summed E-state index contributed by atoms with van der Waals surface area (Å²) in [4.78, 5) is 10.7. The van der Waals surface area contributed by atoms with E-state index in [0.29, 0.717) is 0 Å². The van der Waals surface area contributed by atoms with E-state index >= 15 is 0 Å². The zero-order chi connectivity index (χ0) is 14.1. The zero-order valence-electron chi connectivity index (χ0n) is 12.0. The van der Waals surface area contributed by atoms with Crippen LogP contribution in [0.2, 0.25) is 0 Å². The van der Waals surface area contributed by atoms with Gasteiger partial charge in [0.1, 0.15) is 0 Å². The number of hydrogen-bond donors (Lipinski definition) is 2. The smallest absolute Gasteiger partial charge is 0.216 e. The largest absolute Gasteiger partial charge is 0.356 e. The van der Waals surface area contributed by atoms with Crippen LogP contribution in [0, 0.1) is 0 Å². The van der Waals surface area contributed by atoms with Gasteiger partial charge in [-0.3, -0.25) is 4.79 Å². The number of unbranched alkanes of at least 4 members (excludes halogenated alkanes) is 1. The Morgan fingerprint density at radius 2 is 1.95 bits per heavy atom. The Morgan fingerprint density at radius 3 is 2.63 bits per heavy atom. The highest BCUT2D eigenvalue weighted by Crippen LogP contribution is 2.13. The fraction of sp³-hybridized carbons (Fsp3) is 0.438. The van der Waals surface area contributed by atoms with Crippen LogP contribution in [0.4, 0.5) is 0 Å². The first kappa shape index (κ1) is 15.4. The van der Waals surface area contributed by atoms with Crippen LogP contribution in [-0.2, 0) is 11.3 Å². The summed E-state index contributed by atoms with van der Waals surface area (Å²) in [7, 11) is 0. The first-order chi connectivity index (χ1) is 9.09. The molecule has 0 fully saturated rings. The molecule has 0 aliphatic rings. The van der Waals surface area contributed by atoms with Crippen molar-refractivity contribution in [2.45, 2.75) is 33.2 Å². The van der Waals surface area contributed by atoms with Gasteiger partial charge in [0.25, 0.3) is 0 Å². The van der Waals surface area contributed by atoms with Crippen LogP contribution in [0.15, 0.2) is 30.8 Å². The second kappa shape index (κ2) is 8.48. The van der Waals surface area contributed by atoms with Gasteiger partial charge in [-0.2, -0.15) is 0 Å². The molecule has 0 aliphatic heterocycles. The summed E-state index contributed by atoms with van der Waals surface area (Å²) in [5.41, 5.74) is 3.57. The minimum atomic E-state index is 0.0459. The Hall–Kier alpha value is -1.61. The standard InChI is InChI=1S/C16H24N2O/c1-13(2)16-8-6-7-15(11-16)12-17-9-4-5-10-18-14(3)19/h6-8,11,17H,1,4-5,9-10,12H2,2-3H3,(H,18,19). The van der Waals surface area contributed by atoms with Crippen molar-refractivity contribution in [2.75, 3.05) is 13.1 Å². The van der Waals surface area contributed by atoms with E-state index in [1.807, 2.05) is 6.92 Å². The first-order valence-electron chi connectivity index (χ1n) is 6.79. The van der Waals surface area contributed by atoms with Crippen molar-refractivity contribution in [3.05, 3.63) is 42.0 Å². The molecule has 19 heavy (non-hydrogen) atoms. The summed E-state index contributed by atoms with van der Waals surface area (Å²) in [5.74, 6) is 0.0459. The lowest BCUT2D eigenvalue weighted by atomic mass is 10.1. The molecular formula is C16H24N2O. The SMILES string of the molecule is C=C(C)c1cccc(CNCCCCNC(C)=O)c1. The maximum absolute atomic E-state index is 10.7. The van der Waals surface area contributed by atoms with E-state index in [9.17, 15) is 4.79 Å². The van der Waals surface area contributed by atoms with Crippen molar-refractivity contribution in [1.29, 1.82) is 0 Å². The molecule has 1 amide bonds. The minimum absolute atomic E-state index is 0.0459. The van der Waals surface area contributed by atoms with Crippen LogP contribution in [0.25, 0.3) is 5.57 Å².